The lowest BCUT2D eigenvalue weighted by atomic mass is 10.2. The van der Waals surface area contributed by atoms with Crippen molar-refractivity contribution in [3.63, 3.8) is 0 Å². The summed E-state index contributed by atoms with van der Waals surface area (Å²) in [6.07, 6.45) is 0. The number of hydrogen-bond acceptors (Lipinski definition) is 2. The molecule has 0 heterocycles. The Bertz CT molecular complexity index is 306. The Morgan fingerprint density at radius 3 is 2.53 bits per heavy atom. The molecular weight excluding hydrogens is 212 g/mol. The standard InChI is InChI=1S/C12H15ClO2/c1-10(7-13)8-15-9-11-3-5-12(14-2)6-4-11/h3-6H,1,7-9H2,2H3. The van der Waals surface area contributed by atoms with Crippen LogP contribution in [0, 0.1) is 0 Å². The molecule has 0 saturated heterocycles. The van der Waals surface area contributed by atoms with E-state index in [-0.39, 0.29) is 0 Å². The molecule has 0 N–H and O–H groups in total. The maximum atomic E-state index is 5.58. The molecule has 82 valence electrons. The Labute approximate surface area is 95.5 Å². The first-order valence-electron chi connectivity index (χ1n) is 4.69. The van der Waals surface area contributed by atoms with Gasteiger partial charge < -0.3 is 9.47 Å². The van der Waals surface area contributed by atoms with Gasteiger partial charge in [-0.1, -0.05) is 18.7 Å². The molecule has 0 saturated carbocycles. The third-order valence-electron chi connectivity index (χ3n) is 1.92. The summed E-state index contributed by atoms with van der Waals surface area (Å²) >= 11 is 5.58. The third-order valence-corrected chi connectivity index (χ3v) is 2.30. The molecule has 0 aliphatic carbocycles. The van der Waals surface area contributed by atoms with E-state index in [0.717, 1.165) is 16.9 Å². The van der Waals surface area contributed by atoms with Gasteiger partial charge in [0.15, 0.2) is 0 Å². The number of ether oxygens (including phenoxy) is 2. The normalized spacial score (nSPS) is 10.0. The van der Waals surface area contributed by atoms with Gasteiger partial charge in [-0.05, 0) is 23.3 Å². The summed E-state index contributed by atoms with van der Waals surface area (Å²) in [6.45, 7) is 4.83. The van der Waals surface area contributed by atoms with Crippen molar-refractivity contribution >= 4 is 11.6 Å². The smallest absolute Gasteiger partial charge is 0.118 e. The Morgan fingerprint density at radius 1 is 1.33 bits per heavy atom. The molecule has 0 aliphatic rings. The van der Waals surface area contributed by atoms with Gasteiger partial charge in [0.1, 0.15) is 5.75 Å². The molecule has 0 aliphatic heterocycles. The number of halogens is 1. The summed E-state index contributed by atoms with van der Waals surface area (Å²) in [5.74, 6) is 1.30. The molecule has 15 heavy (non-hydrogen) atoms. The van der Waals surface area contributed by atoms with Crippen LogP contribution < -0.4 is 4.74 Å². The van der Waals surface area contributed by atoms with Crippen LogP contribution in [0.4, 0.5) is 0 Å². The number of methoxy groups -OCH3 is 1. The molecule has 1 rings (SSSR count). The molecule has 0 spiro atoms. The summed E-state index contributed by atoms with van der Waals surface area (Å²) in [6, 6.07) is 7.77. The molecule has 0 fully saturated rings. The van der Waals surface area contributed by atoms with E-state index in [4.69, 9.17) is 21.1 Å². The molecule has 0 unspecified atom stereocenters. The van der Waals surface area contributed by atoms with Gasteiger partial charge in [0.2, 0.25) is 0 Å². The monoisotopic (exact) mass is 226 g/mol. The van der Waals surface area contributed by atoms with Crippen LogP contribution in [0.15, 0.2) is 36.4 Å². The van der Waals surface area contributed by atoms with E-state index in [2.05, 4.69) is 6.58 Å². The number of hydrogen-bond donors (Lipinski definition) is 0. The van der Waals surface area contributed by atoms with E-state index < -0.39 is 0 Å². The first kappa shape index (κ1) is 12.1. The number of benzene rings is 1. The average Bonchev–Trinajstić information content (AvgIpc) is 2.29. The molecule has 1 aromatic carbocycles. The largest absolute Gasteiger partial charge is 0.497 e. The lowest BCUT2D eigenvalue weighted by Gasteiger charge is -2.05. The Hall–Kier alpha value is -0.990. The minimum absolute atomic E-state index is 0.447. The van der Waals surface area contributed by atoms with Crippen LogP contribution in [0.5, 0.6) is 5.75 Å². The number of rotatable bonds is 6. The van der Waals surface area contributed by atoms with Gasteiger partial charge in [-0.2, -0.15) is 0 Å². The predicted octanol–water partition coefficient (Wildman–Crippen LogP) is 3.01. The van der Waals surface area contributed by atoms with E-state index in [1.807, 2.05) is 24.3 Å². The van der Waals surface area contributed by atoms with Crippen molar-refractivity contribution in [2.24, 2.45) is 0 Å². The van der Waals surface area contributed by atoms with Crippen LogP contribution in [0.2, 0.25) is 0 Å². The molecule has 0 aromatic heterocycles. The topological polar surface area (TPSA) is 18.5 Å². The van der Waals surface area contributed by atoms with Crippen molar-refractivity contribution in [2.45, 2.75) is 6.61 Å². The van der Waals surface area contributed by atoms with E-state index in [0.29, 0.717) is 19.1 Å². The summed E-state index contributed by atoms with van der Waals surface area (Å²) < 4.78 is 10.5. The van der Waals surface area contributed by atoms with Gasteiger partial charge in [-0.25, -0.2) is 0 Å². The van der Waals surface area contributed by atoms with Crippen LogP contribution in [-0.4, -0.2) is 19.6 Å². The summed E-state index contributed by atoms with van der Waals surface area (Å²) in [4.78, 5) is 0. The van der Waals surface area contributed by atoms with Crippen molar-refractivity contribution < 1.29 is 9.47 Å². The summed E-state index contributed by atoms with van der Waals surface area (Å²) in [5.41, 5.74) is 2.00. The van der Waals surface area contributed by atoms with Crippen LogP contribution >= 0.6 is 11.6 Å². The third kappa shape index (κ3) is 4.36. The fraction of sp³-hybridized carbons (Fsp3) is 0.333. The Morgan fingerprint density at radius 2 is 2.00 bits per heavy atom. The van der Waals surface area contributed by atoms with Gasteiger partial charge in [-0.3, -0.25) is 0 Å². The van der Waals surface area contributed by atoms with Crippen LogP contribution in [0.25, 0.3) is 0 Å². The highest BCUT2D eigenvalue weighted by atomic mass is 35.5. The van der Waals surface area contributed by atoms with E-state index in [9.17, 15) is 0 Å². The minimum atomic E-state index is 0.447. The van der Waals surface area contributed by atoms with Crippen LogP contribution in [0.1, 0.15) is 5.56 Å². The molecule has 1 aromatic rings. The van der Waals surface area contributed by atoms with Crippen molar-refractivity contribution in [2.75, 3.05) is 19.6 Å². The van der Waals surface area contributed by atoms with Crippen LogP contribution in [-0.2, 0) is 11.3 Å². The molecule has 0 bridgehead atoms. The highest BCUT2D eigenvalue weighted by molar-refractivity contribution is 6.19. The minimum Gasteiger partial charge on any atom is -0.497 e. The average molecular weight is 227 g/mol. The fourth-order valence-electron chi connectivity index (χ4n) is 1.07. The fourth-order valence-corrected chi connectivity index (χ4v) is 1.15. The second-order valence-electron chi connectivity index (χ2n) is 3.22. The maximum Gasteiger partial charge on any atom is 0.118 e. The second-order valence-corrected chi connectivity index (χ2v) is 3.49. The van der Waals surface area contributed by atoms with Crippen LogP contribution in [0.3, 0.4) is 0 Å². The molecule has 0 atom stereocenters. The zero-order valence-corrected chi connectivity index (χ0v) is 9.59. The van der Waals surface area contributed by atoms with Crippen molar-refractivity contribution in [3.05, 3.63) is 42.0 Å². The maximum absolute atomic E-state index is 5.58. The molecular formula is C12H15ClO2. The predicted molar refractivity (Wildman–Crippen MR) is 62.5 cm³/mol. The lowest BCUT2D eigenvalue weighted by Crippen LogP contribution is -1.98. The van der Waals surface area contributed by atoms with Crippen molar-refractivity contribution in [3.8, 4) is 5.75 Å². The van der Waals surface area contributed by atoms with Gasteiger partial charge in [0.05, 0.1) is 20.3 Å². The molecule has 0 radical (unpaired) electrons. The summed E-state index contributed by atoms with van der Waals surface area (Å²) in [5, 5.41) is 0. The first-order chi connectivity index (χ1) is 7.26. The second kappa shape index (κ2) is 6.49. The molecule has 2 nitrogen and oxygen atoms in total. The first-order valence-corrected chi connectivity index (χ1v) is 5.23. The van der Waals surface area contributed by atoms with E-state index in [1.54, 1.807) is 7.11 Å². The summed E-state index contributed by atoms with van der Waals surface area (Å²) in [7, 11) is 1.65. The van der Waals surface area contributed by atoms with Crippen molar-refractivity contribution in [1.82, 2.24) is 0 Å². The molecule has 0 amide bonds. The SMILES string of the molecule is C=C(CCl)COCc1ccc(OC)cc1. The number of alkyl halides is 1. The van der Waals surface area contributed by atoms with E-state index in [1.165, 1.54) is 0 Å². The molecule has 3 heteroatoms. The van der Waals surface area contributed by atoms with Crippen molar-refractivity contribution in [1.29, 1.82) is 0 Å². The zero-order chi connectivity index (χ0) is 11.1. The van der Waals surface area contributed by atoms with Gasteiger partial charge >= 0.3 is 0 Å². The van der Waals surface area contributed by atoms with Gasteiger partial charge in [0, 0.05) is 5.88 Å². The van der Waals surface area contributed by atoms with E-state index >= 15 is 0 Å². The quantitative estimate of drug-likeness (QED) is 0.549. The zero-order valence-electron chi connectivity index (χ0n) is 8.83. The lowest BCUT2D eigenvalue weighted by molar-refractivity contribution is 0.143. The Kier molecular flexibility index (Phi) is 5.22. The highest BCUT2D eigenvalue weighted by Crippen LogP contribution is 2.12. The highest BCUT2D eigenvalue weighted by Gasteiger charge is 1.96. The Balaban J connectivity index is 2.34. The van der Waals surface area contributed by atoms with Gasteiger partial charge in [0.25, 0.3) is 0 Å². The van der Waals surface area contributed by atoms with Gasteiger partial charge in [-0.15, -0.1) is 11.6 Å².